The molecule has 29 heavy (non-hydrogen) atoms. The lowest BCUT2D eigenvalue weighted by atomic mass is 9.60. The second-order valence-corrected chi connectivity index (χ2v) is 10.1. The van der Waals surface area contributed by atoms with Crippen molar-refractivity contribution in [3.05, 3.63) is 35.5 Å². The summed E-state index contributed by atoms with van der Waals surface area (Å²) in [6.45, 7) is 9.73. The Bertz CT molecular complexity index is 618. The Morgan fingerprint density at radius 1 is 1.17 bits per heavy atom. The second kappa shape index (κ2) is 9.94. The highest BCUT2D eigenvalue weighted by molar-refractivity contribution is 5.29. The summed E-state index contributed by atoms with van der Waals surface area (Å²) in [6.07, 6.45) is 14.9. The summed E-state index contributed by atoms with van der Waals surface area (Å²) in [4.78, 5) is 0. The van der Waals surface area contributed by atoms with E-state index in [0.29, 0.717) is 29.7 Å². The highest BCUT2D eigenvalue weighted by Gasteiger charge is 2.50. The third-order valence-corrected chi connectivity index (χ3v) is 8.28. The number of fused-ring (bicyclic) bond motifs is 1. The molecule has 3 aliphatic carbocycles. The van der Waals surface area contributed by atoms with E-state index in [9.17, 15) is 10.2 Å². The first-order valence-corrected chi connectivity index (χ1v) is 11.8. The predicted octanol–water partition coefficient (Wildman–Crippen LogP) is 5.58. The van der Waals surface area contributed by atoms with Gasteiger partial charge in [0.15, 0.2) is 0 Å². The topological polar surface area (TPSA) is 49.7 Å². The maximum Gasteiger partial charge on any atom is 0.0809 e. The van der Waals surface area contributed by atoms with Crippen LogP contribution in [0.3, 0.4) is 0 Å². The molecular weight excluding hydrogens is 360 g/mol. The molecule has 0 bridgehead atoms. The van der Waals surface area contributed by atoms with E-state index in [1.165, 1.54) is 51.4 Å². The predicted molar refractivity (Wildman–Crippen MR) is 120 cm³/mol. The average molecular weight is 403 g/mol. The van der Waals surface area contributed by atoms with E-state index in [4.69, 9.17) is 4.74 Å². The maximum absolute atomic E-state index is 10.1. The van der Waals surface area contributed by atoms with Gasteiger partial charge in [-0.15, -0.1) is 0 Å². The summed E-state index contributed by atoms with van der Waals surface area (Å²) in [6, 6.07) is 0. The van der Waals surface area contributed by atoms with Crippen LogP contribution in [0.2, 0.25) is 0 Å². The number of hydrogen-bond acceptors (Lipinski definition) is 3. The summed E-state index contributed by atoms with van der Waals surface area (Å²) in [5.41, 5.74) is 3.76. The lowest BCUT2D eigenvalue weighted by molar-refractivity contribution is 0.0918. The number of allylic oxidation sites excluding steroid dienone is 3. The Hall–Kier alpha value is -0.900. The number of aliphatic hydroxyl groups excluding tert-OH is 2. The van der Waals surface area contributed by atoms with Crippen molar-refractivity contribution in [2.45, 2.75) is 90.3 Å². The second-order valence-electron chi connectivity index (χ2n) is 10.1. The van der Waals surface area contributed by atoms with Gasteiger partial charge in [-0.3, -0.25) is 0 Å². The Labute approximate surface area is 177 Å². The molecule has 0 radical (unpaired) electrons. The number of methoxy groups -OCH3 is 1. The van der Waals surface area contributed by atoms with Crippen LogP contribution in [0.4, 0.5) is 0 Å². The van der Waals surface area contributed by atoms with Gasteiger partial charge in [-0.25, -0.2) is 0 Å². The van der Waals surface area contributed by atoms with Gasteiger partial charge in [-0.1, -0.05) is 56.6 Å². The fourth-order valence-corrected chi connectivity index (χ4v) is 6.55. The van der Waals surface area contributed by atoms with Gasteiger partial charge < -0.3 is 14.9 Å². The molecular formula is C26H42O3. The normalized spacial score (nSPS) is 37.6. The molecule has 3 fully saturated rings. The van der Waals surface area contributed by atoms with Crippen molar-refractivity contribution in [2.24, 2.45) is 23.2 Å². The molecule has 0 heterocycles. The zero-order chi connectivity index (χ0) is 21.0. The highest BCUT2D eigenvalue weighted by atomic mass is 16.5. The standard InChI is InChI=1S/C26H42O3/c1-18(8-5-6-15-29-4)22-12-13-23-21(9-7-14-26(22,23)3)11-10-20-16-24(27)19(2)25(28)17-20/h10-11,18,22-25,27-28H,2,5-9,12-17H2,1,3-4H3/b21-11+/t18-,22-,23+,24-,25-,26-/m1/s1. The third-order valence-electron chi connectivity index (χ3n) is 8.28. The summed E-state index contributed by atoms with van der Waals surface area (Å²) in [7, 11) is 1.79. The van der Waals surface area contributed by atoms with Gasteiger partial charge in [0.1, 0.15) is 0 Å². The van der Waals surface area contributed by atoms with Crippen molar-refractivity contribution in [2.75, 3.05) is 13.7 Å². The van der Waals surface area contributed by atoms with E-state index in [1.54, 1.807) is 12.7 Å². The third kappa shape index (κ3) is 5.06. The molecule has 0 saturated heterocycles. The van der Waals surface area contributed by atoms with Crippen LogP contribution in [-0.2, 0) is 4.74 Å². The zero-order valence-corrected chi connectivity index (χ0v) is 18.8. The molecule has 2 N–H and O–H groups in total. The number of ether oxygens (including phenoxy) is 1. The minimum Gasteiger partial charge on any atom is -0.388 e. The molecule has 6 atom stereocenters. The maximum atomic E-state index is 10.1. The highest BCUT2D eigenvalue weighted by Crippen LogP contribution is 2.59. The van der Waals surface area contributed by atoms with Crippen LogP contribution >= 0.6 is 0 Å². The van der Waals surface area contributed by atoms with Crippen LogP contribution in [0.15, 0.2) is 35.5 Å². The molecule has 3 aliphatic rings. The average Bonchev–Trinajstić information content (AvgIpc) is 3.05. The molecule has 0 aromatic heterocycles. The molecule has 0 aromatic carbocycles. The van der Waals surface area contributed by atoms with Gasteiger partial charge in [-0.05, 0) is 80.1 Å². The quantitative estimate of drug-likeness (QED) is 0.432. The molecule has 0 amide bonds. The largest absolute Gasteiger partial charge is 0.388 e. The van der Waals surface area contributed by atoms with Crippen molar-refractivity contribution in [1.29, 1.82) is 0 Å². The molecule has 3 heteroatoms. The fourth-order valence-electron chi connectivity index (χ4n) is 6.55. The Morgan fingerprint density at radius 2 is 1.90 bits per heavy atom. The van der Waals surface area contributed by atoms with Gasteiger partial charge in [0.05, 0.1) is 12.2 Å². The minimum atomic E-state index is -0.602. The first kappa shape index (κ1) is 22.8. The number of rotatable bonds is 7. The van der Waals surface area contributed by atoms with E-state index in [2.05, 4.69) is 32.6 Å². The molecule has 0 spiro atoms. The van der Waals surface area contributed by atoms with Crippen molar-refractivity contribution in [1.82, 2.24) is 0 Å². The molecule has 0 aliphatic heterocycles. The number of aliphatic hydroxyl groups is 2. The van der Waals surface area contributed by atoms with Crippen molar-refractivity contribution in [3.8, 4) is 0 Å². The first-order valence-electron chi connectivity index (χ1n) is 11.8. The SMILES string of the molecule is C=C1[C@H](O)CC(=C/C=C2\CCC[C@]3(C)[C@@H]([C@H](C)CCCCOC)CC[C@@H]23)C[C@H]1O. The Balaban J connectivity index is 1.67. The number of hydrogen-bond donors (Lipinski definition) is 2. The van der Waals surface area contributed by atoms with Crippen molar-refractivity contribution >= 4 is 0 Å². The monoisotopic (exact) mass is 402 g/mol. The summed E-state index contributed by atoms with van der Waals surface area (Å²) < 4.78 is 5.22. The van der Waals surface area contributed by atoms with E-state index in [0.717, 1.165) is 24.0 Å². The Morgan fingerprint density at radius 3 is 2.59 bits per heavy atom. The van der Waals surface area contributed by atoms with E-state index >= 15 is 0 Å². The zero-order valence-electron chi connectivity index (χ0n) is 18.8. The molecule has 3 saturated carbocycles. The summed E-state index contributed by atoms with van der Waals surface area (Å²) >= 11 is 0. The van der Waals surface area contributed by atoms with Gasteiger partial charge in [0.2, 0.25) is 0 Å². The van der Waals surface area contributed by atoms with Crippen LogP contribution in [0.25, 0.3) is 0 Å². The summed E-state index contributed by atoms with van der Waals surface area (Å²) in [5.74, 6) is 2.31. The molecule has 164 valence electrons. The van der Waals surface area contributed by atoms with Gasteiger partial charge in [-0.2, -0.15) is 0 Å². The summed E-state index contributed by atoms with van der Waals surface area (Å²) in [5, 5.41) is 20.2. The smallest absolute Gasteiger partial charge is 0.0809 e. The van der Waals surface area contributed by atoms with E-state index in [1.807, 2.05) is 0 Å². The van der Waals surface area contributed by atoms with Crippen molar-refractivity contribution in [3.63, 3.8) is 0 Å². The van der Waals surface area contributed by atoms with Crippen LogP contribution in [0.1, 0.15) is 78.1 Å². The molecule has 0 aromatic rings. The van der Waals surface area contributed by atoms with E-state index in [-0.39, 0.29) is 0 Å². The molecule has 3 rings (SSSR count). The molecule has 3 nitrogen and oxygen atoms in total. The van der Waals surface area contributed by atoms with Crippen LogP contribution in [-0.4, -0.2) is 36.1 Å². The number of unbranched alkanes of at least 4 members (excludes halogenated alkanes) is 1. The van der Waals surface area contributed by atoms with Crippen LogP contribution < -0.4 is 0 Å². The van der Waals surface area contributed by atoms with Gasteiger partial charge in [0, 0.05) is 13.7 Å². The van der Waals surface area contributed by atoms with Crippen LogP contribution in [0, 0.1) is 23.2 Å². The lowest BCUT2D eigenvalue weighted by Crippen LogP contribution is -2.36. The fraction of sp³-hybridized carbons (Fsp3) is 0.769. The lowest BCUT2D eigenvalue weighted by Gasteiger charge is -2.44. The van der Waals surface area contributed by atoms with Crippen molar-refractivity contribution < 1.29 is 14.9 Å². The molecule has 0 unspecified atom stereocenters. The van der Waals surface area contributed by atoms with E-state index < -0.39 is 12.2 Å². The minimum absolute atomic E-state index is 0.434. The van der Waals surface area contributed by atoms with Gasteiger partial charge in [0.25, 0.3) is 0 Å². The van der Waals surface area contributed by atoms with Crippen LogP contribution in [0.5, 0.6) is 0 Å². The Kier molecular flexibility index (Phi) is 7.81. The first-order chi connectivity index (χ1) is 13.9. The van der Waals surface area contributed by atoms with Gasteiger partial charge >= 0.3 is 0 Å².